The third kappa shape index (κ3) is 5.66. The van der Waals surface area contributed by atoms with E-state index in [1.165, 1.54) is 4.90 Å². The van der Waals surface area contributed by atoms with Crippen molar-refractivity contribution in [1.29, 1.82) is 0 Å². The molecular formula is C23H27ClN6O4. The number of aromatic nitrogens is 1. The Labute approximate surface area is 202 Å². The van der Waals surface area contributed by atoms with E-state index in [1.54, 1.807) is 38.2 Å². The van der Waals surface area contributed by atoms with Crippen molar-refractivity contribution in [1.82, 2.24) is 15.2 Å². The SMILES string of the molecule is CC(C)[C@H](N=[N+]=[N-])C(=O)N1C[C@H](O)C[C@H]1C(=O)N[C@@H](CO)c1ccc(-c2cccnc2Cl)cc1. The number of likely N-dealkylation sites (tertiary alicyclic amines) is 1. The van der Waals surface area contributed by atoms with Crippen molar-refractivity contribution in [2.45, 2.75) is 44.5 Å². The molecule has 0 saturated carbocycles. The van der Waals surface area contributed by atoms with Crippen LogP contribution in [0.3, 0.4) is 0 Å². The Morgan fingerprint density at radius 2 is 2.03 bits per heavy atom. The van der Waals surface area contributed by atoms with Gasteiger partial charge in [0.25, 0.3) is 0 Å². The van der Waals surface area contributed by atoms with Crippen LogP contribution < -0.4 is 5.32 Å². The number of halogens is 1. The van der Waals surface area contributed by atoms with Gasteiger partial charge < -0.3 is 20.4 Å². The number of aliphatic hydroxyl groups is 2. The lowest BCUT2D eigenvalue weighted by atomic mass is 10.0. The van der Waals surface area contributed by atoms with Gasteiger partial charge in [0.2, 0.25) is 11.8 Å². The maximum Gasteiger partial charge on any atom is 0.243 e. The van der Waals surface area contributed by atoms with E-state index in [9.17, 15) is 19.8 Å². The summed E-state index contributed by atoms with van der Waals surface area (Å²) in [5, 5.41) is 26.8. The summed E-state index contributed by atoms with van der Waals surface area (Å²) < 4.78 is 0. The predicted octanol–water partition coefficient (Wildman–Crippen LogP) is 2.85. The number of nitrogens with one attached hydrogen (secondary N) is 1. The molecule has 10 nitrogen and oxygen atoms in total. The molecule has 0 aliphatic carbocycles. The normalized spacial score (nSPS) is 19.4. The van der Waals surface area contributed by atoms with Gasteiger partial charge in [0, 0.05) is 29.6 Å². The summed E-state index contributed by atoms with van der Waals surface area (Å²) in [6.45, 7) is 3.08. The molecule has 180 valence electrons. The molecule has 1 saturated heterocycles. The number of rotatable bonds is 8. The molecule has 3 rings (SSSR count). The molecule has 34 heavy (non-hydrogen) atoms. The van der Waals surface area contributed by atoms with Gasteiger partial charge in [0.15, 0.2) is 0 Å². The van der Waals surface area contributed by atoms with Crippen molar-refractivity contribution >= 4 is 23.4 Å². The van der Waals surface area contributed by atoms with Gasteiger partial charge in [-0.05, 0) is 34.7 Å². The second-order valence-corrected chi connectivity index (χ2v) is 8.86. The van der Waals surface area contributed by atoms with Gasteiger partial charge in [-0.3, -0.25) is 9.59 Å². The highest BCUT2D eigenvalue weighted by molar-refractivity contribution is 6.32. The van der Waals surface area contributed by atoms with E-state index in [4.69, 9.17) is 17.1 Å². The fourth-order valence-corrected chi connectivity index (χ4v) is 4.23. The monoisotopic (exact) mass is 486 g/mol. The topological polar surface area (TPSA) is 152 Å². The summed E-state index contributed by atoms with van der Waals surface area (Å²) in [6, 6.07) is 8.13. The van der Waals surface area contributed by atoms with Gasteiger partial charge in [-0.1, -0.05) is 54.8 Å². The average Bonchev–Trinajstić information content (AvgIpc) is 3.22. The van der Waals surface area contributed by atoms with Gasteiger partial charge in [-0.15, -0.1) is 0 Å². The third-order valence-electron chi connectivity index (χ3n) is 5.81. The van der Waals surface area contributed by atoms with Gasteiger partial charge in [0.05, 0.1) is 18.8 Å². The molecule has 1 aromatic heterocycles. The molecule has 0 unspecified atom stereocenters. The number of benzene rings is 1. The first-order valence-electron chi connectivity index (χ1n) is 10.9. The largest absolute Gasteiger partial charge is 0.394 e. The van der Waals surface area contributed by atoms with Crippen molar-refractivity contribution in [2.75, 3.05) is 13.2 Å². The van der Waals surface area contributed by atoms with Crippen LogP contribution in [-0.4, -0.2) is 63.3 Å². The zero-order chi connectivity index (χ0) is 24.8. The number of amides is 2. The fourth-order valence-electron chi connectivity index (χ4n) is 4.00. The van der Waals surface area contributed by atoms with Crippen LogP contribution in [0.15, 0.2) is 47.7 Å². The van der Waals surface area contributed by atoms with Crippen LogP contribution in [0.4, 0.5) is 0 Å². The molecule has 1 aromatic carbocycles. The van der Waals surface area contributed by atoms with E-state index >= 15 is 0 Å². The highest BCUT2D eigenvalue weighted by Crippen LogP contribution is 2.28. The molecule has 2 aromatic rings. The molecule has 0 spiro atoms. The number of carbonyl (C=O) groups is 2. The maximum absolute atomic E-state index is 13.1. The van der Waals surface area contributed by atoms with Crippen LogP contribution in [0, 0.1) is 5.92 Å². The zero-order valence-corrected chi connectivity index (χ0v) is 19.6. The number of azide groups is 1. The molecule has 0 bridgehead atoms. The number of nitrogens with zero attached hydrogens (tertiary/aromatic N) is 5. The smallest absolute Gasteiger partial charge is 0.243 e. The zero-order valence-electron chi connectivity index (χ0n) is 18.9. The highest BCUT2D eigenvalue weighted by atomic mass is 35.5. The van der Waals surface area contributed by atoms with Crippen molar-refractivity contribution < 1.29 is 19.8 Å². The van der Waals surface area contributed by atoms with Crippen LogP contribution in [0.1, 0.15) is 31.9 Å². The minimum Gasteiger partial charge on any atom is -0.394 e. The Balaban J connectivity index is 1.76. The summed E-state index contributed by atoms with van der Waals surface area (Å²) in [5.74, 6) is -1.29. The van der Waals surface area contributed by atoms with Crippen LogP contribution in [0.25, 0.3) is 21.6 Å². The summed E-state index contributed by atoms with van der Waals surface area (Å²) in [7, 11) is 0. The molecule has 0 radical (unpaired) electrons. The molecule has 4 atom stereocenters. The molecule has 2 amide bonds. The lowest BCUT2D eigenvalue weighted by Crippen LogP contribution is -2.50. The second kappa shape index (κ2) is 11.3. The van der Waals surface area contributed by atoms with Crippen LogP contribution in [-0.2, 0) is 9.59 Å². The van der Waals surface area contributed by atoms with E-state index in [-0.39, 0.29) is 25.5 Å². The molecule has 3 N–H and O–H groups in total. The molecule has 1 fully saturated rings. The number of hydrogen-bond donors (Lipinski definition) is 3. The Bertz CT molecular complexity index is 1070. The number of hydrogen-bond acceptors (Lipinski definition) is 6. The fraction of sp³-hybridized carbons (Fsp3) is 0.435. The van der Waals surface area contributed by atoms with Gasteiger partial charge >= 0.3 is 0 Å². The van der Waals surface area contributed by atoms with Crippen LogP contribution >= 0.6 is 11.6 Å². The Kier molecular flexibility index (Phi) is 8.46. The lowest BCUT2D eigenvalue weighted by Gasteiger charge is -2.29. The summed E-state index contributed by atoms with van der Waals surface area (Å²) >= 11 is 6.16. The van der Waals surface area contributed by atoms with Gasteiger partial charge in [-0.25, -0.2) is 4.98 Å². The van der Waals surface area contributed by atoms with Crippen LogP contribution in [0.2, 0.25) is 5.15 Å². The van der Waals surface area contributed by atoms with Gasteiger partial charge in [-0.2, -0.15) is 0 Å². The third-order valence-corrected chi connectivity index (χ3v) is 6.11. The minimum absolute atomic E-state index is 0.0363. The number of pyridine rings is 1. The van der Waals surface area contributed by atoms with E-state index in [0.717, 1.165) is 11.1 Å². The molecule has 1 aliphatic heterocycles. The van der Waals surface area contributed by atoms with Crippen molar-refractivity contribution in [2.24, 2.45) is 11.0 Å². The second-order valence-electron chi connectivity index (χ2n) is 8.50. The maximum atomic E-state index is 13.1. The summed E-state index contributed by atoms with van der Waals surface area (Å²) in [6.07, 6.45) is 0.770. The number of aliphatic hydroxyl groups excluding tert-OH is 2. The minimum atomic E-state index is -0.980. The predicted molar refractivity (Wildman–Crippen MR) is 127 cm³/mol. The average molecular weight is 487 g/mol. The molecular weight excluding hydrogens is 460 g/mol. The summed E-state index contributed by atoms with van der Waals surface area (Å²) in [5.41, 5.74) is 11.1. The summed E-state index contributed by atoms with van der Waals surface area (Å²) in [4.78, 5) is 34.1. The molecule has 11 heteroatoms. The van der Waals surface area contributed by atoms with E-state index in [0.29, 0.717) is 10.7 Å². The van der Waals surface area contributed by atoms with Crippen molar-refractivity contribution in [3.05, 3.63) is 63.8 Å². The molecule has 2 heterocycles. The Hall–Kier alpha value is -3.17. The van der Waals surface area contributed by atoms with Gasteiger partial charge in [0.1, 0.15) is 17.2 Å². The standard InChI is InChI=1S/C23H27ClN6O4/c1-13(2)20(28-29-25)23(34)30-11-16(32)10-19(30)22(33)27-18(12-31)15-7-5-14(6-8-15)17-4-3-9-26-21(17)24/h3-9,13,16,18-20,31-32H,10-12H2,1-2H3,(H,27,33)/t16-,18+,19+,20+/m1/s1. The number of β-amino-alcohol motifs (C(OH)–C–C–N with tert-alkyl or cyclic N) is 1. The van der Waals surface area contributed by atoms with Crippen LogP contribution in [0.5, 0.6) is 0 Å². The van der Waals surface area contributed by atoms with Crippen molar-refractivity contribution in [3.63, 3.8) is 0 Å². The first-order valence-corrected chi connectivity index (χ1v) is 11.3. The van der Waals surface area contributed by atoms with E-state index in [1.807, 2.05) is 18.2 Å². The first kappa shape index (κ1) is 25.5. The number of carbonyl (C=O) groups excluding carboxylic acids is 2. The Morgan fingerprint density at radius 3 is 2.62 bits per heavy atom. The highest BCUT2D eigenvalue weighted by Gasteiger charge is 2.42. The van der Waals surface area contributed by atoms with Crippen molar-refractivity contribution in [3.8, 4) is 11.1 Å². The Morgan fingerprint density at radius 1 is 1.32 bits per heavy atom. The quantitative estimate of drug-likeness (QED) is 0.227. The van der Waals surface area contributed by atoms with E-state index in [2.05, 4.69) is 20.3 Å². The lowest BCUT2D eigenvalue weighted by molar-refractivity contribution is -0.140. The first-order chi connectivity index (χ1) is 16.3. The van der Waals surface area contributed by atoms with E-state index < -0.39 is 36.0 Å². The molecule has 1 aliphatic rings.